The van der Waals surface area contributed by atoms with E-state index in [4.69, 9.17) is 9.47 Å². The van der Waals surface area contributed by atoms with E-state index in [-0.39, 0.29) is 24.5 Å². The molecule has 0 bridgehead atoms. The monoisotopic (exact) mass is 359 g/mol. The SMILES string of the molecule is CCOC(=O)COc1ccc(C[C@@H](C)NC2(O)C=CC=C[C@H]2CC)cc1. The topological polar surface area (TPSA) is 67.8 Å². The normalized spacial score (nSPS) is 22.8. The minimum absolute atomic E-state index is 0.0635. The van der Waals surface area contributed by atoms with E-state index in [0.29, 0.717) is 12.4 Å². The van der Waals surface area contributed by atoms with Crippen LogP contribution in [0.4, 0.5) is 0 Å². The van der Waals surface area contributed by atoms with Crippen molar-refractivity contribution in [2.45, 2.75) is 45.4 Å². The van der Waals surface area contributed by atoms with Gasteiger partial charge in [-0.25, -0.2) is 4.79 Å². The Labute approximate surface area is 155 Å². The Balaban J connectivity index is 1.87. The predicted molar refractivity (Wildman–Crippen MR) is 102 cm³/mol. The molecular formula is C21H29NO4. The molecule has 0 aliphatic heterocycles. The van der Waals surface area contributed by atoms with Gasteiger partial charge in [-0.3, -0.25) is 5.32 Å². The molecule has 1 aromatic rings. The fraction of sp³-hybridized carbons (Fsp3) is 0.476. The lowest BCUT2D eigenvalue weighted by Crippen LogP contribution is -2.53. The third-order valence-electron chi connectivity index (χ3n) is 4.41. The number of nitrogens with one attached hydrogen (secondary N) is 1. The molecular weight excluding hydrogens is 330 g/mol. The van der Waals surface area contributed by atoms with E-state index in [0.717, 1.165) is 18.4 Å². The van der Waals surface area contributed by atoms with Gasteiger partial charge in [0.2, 0.25) is 0 Å². The molecule has 2 rings (SSSR count). The van der Waals surface area contributed by atoms with Crippen molar-refractivity contribution in [3.05, 3.63) is 54.1 Å². The Morgan fingerprint density at radius 3 is 2.65 bits per heavy atom. The molecule has 0 amide bonds. The van der Waals surface area contributed by atoms with Gasteiger partial charge in [0, 0.05) is 12.0 Å². The van der Waals surface area contributed by atoms with Crippen molar-refractivity contribution < 1.29 is 19.4 Å². The van der Waals surface area contributed by atoms with Crippen LogP contribution in [0.5, 0.6) is 5.75 Å². The van der Waals surface area contributed by atoms with Crippen LogP contribution in [0.3, 0.4) is 0 Å². The number of benzene rings is 1. The number of allylic oxidation sites excluding steroid dienone is 2. The summed E-state index contributed by atoms with van der Waals surface area (Å²) in [5.41, 5.74) is 0.117. The van der Waals surface area contributed by atoms with Gasteiger partial charge in [0.05, 0.1) is 6.61 Å². The van der Waals surface area contributed by atoms with Gasteiger partial charge >= 0.3 is 5.97 Å². The highest BCUT2D eigenvalue weighted by molar-refractivity contribution is 5.71. The van der Waals surface area contributed by atoms with Crippen LogP contribution in [0.1, 0.15) is 32.8 Å². The Morgan fingerprint density at radius 1 is 1.27 bits per heavy atom. The molecule has 1 aliphatic carbocycles. The second-order valence-corrected chi connectivity index (χ2v) is 6.57. The van der Waals surface area contributed by atoms with Crippen LogP contribution in [0.15, 0.2) is 48.6 Å². The number of carbonyl (C=O) groups is 1. The molecule has 5 heteroatoms. The van der Waals surface area contributed by atoms with Crippen LogP contribution < -0.4 is 10.1 Å². The third-order valence-corrected chi connectivity index (χ3v) is 4.41. The maximum atomic E-state index is 11.3. The summed E-state index contributed by atoms with van der Waals surface area (Å²) in [5, 5.41) is 14.2. The molecule has 3 atom stereocenters. The summed E-state index contributed by atoms with van der Waals surface area (Å²) in [5.74, 6) is 0.323. The van der Waals surface area contributed by atoms with Crippen LogP contribution in [0.25, 0.3) is 0 Å². The minimum atomic E-state index is -1.01. The van der Waals surface area contributed by atoms with E-state index < -0.39 is 5.72 Å². The molecule has 5 nitrogen and oxygen atoms in total. The molecule has 0 saturated carbocycles. The van der Waals surface area contributed by atoms with Gasteiger partial charge in [-0.15, -0.1) is 0 Å². The molecule has 0 heterocycles. The molecule has 1 aliphatic rings. The molecule has 26 heavy (non-hydrogen) atoms. The maximum absolute atomic E-state index is 11.3. The Bertz CT molecular complexity index is 638. The van der Waals surface area contributed by atoms with Crippen LogP contribution in [0, 0.1) is 5.92 Å². The number of carbonyl (C=O) groups excluding carboxylic acids is 1. The first-order valence-electron chi connectivity index (χ1n) is 9.20. The van der Waals surface area contributed by atoms with Crippen molar-refractivity contribution in [1.82, 2.24) is 5.32 Å². The summed E-state index contributed by atoms with van der Waals surface area (Å²) in [6.07, 6.45) is 9.35. The maximum Gasteiger partial charge on any atom is 0.344 e. The minimum Gasteiger partial charge on any atom is -0.482 e. The van der Waals surface area contributed by atoms with E-state index in [1.807, 2.05) is 48.6 Å². The van der Waals surface area contributed by atoms with Crippen molar-refractivity contribution >= 4 is 5.97 Å². The summed E-state index contributed by atoms with van der Waals surface area (Å²) in [6, 6.07) is 7.71. The number of hydrogen-bond donors (Lipinski definition) is 2. The van der Waals surface area contributed by atoms with Gasteiger partial charge in [0.15, 0.2) is 6.61 Å². The Morgan fingerprint density at radius 2 is 2.00 bits per heavy atom. The standard InChI is InChI=1S/C21H29NO4/c1-4-18-8-6-7-13-21(18,24)22-16(3)14-17-9-11-19(12-10-17)26-15-20(23)25-5-2/h6-13,16,18,22,24H,4-5,14-15H2,1-3H3/t16-,18-,21?/m1/s1. The molecule has 0 radical (unpaired) electrons. The zero-order valence-corrected chi connectivity index (χ0v) is 15.8. The lowest BCUT2D eigenvalue weighted by Gasteiger charge is -2.36. The number of aliphatic hydroxyl groups is 1. The Kier molecular flexibility index (Phi) is 7.42. The highest BCUT2D eigenvalue weighted by atomic mass is 16.6. The first kappa shape index (κ1) is 20.2. The largest absolute Gasteiger partial charge is 0.482 e. The molecule has 0 spiro atoms. The summed E-state index contributed by atoms with van der Waals surface area (Å²) < 4.78 is 10.2. The van der Waals surface area contributed by atoms with E-state index >= 15 is 0 Å². The van der Waals surface area contributed by atoms with Crippen molar-refractivity contribution in [3.63, 3.8) is 0 Å². The zero-order valence-electron chi connectivity index (χ0n) is 15.8. The number of hydrogen-bond acceptors (Lipinski definition) is 5. The molecule has 142 valence electrons. The van der Waals surface area contributed by atoms with Crippen molar-refractivity contribution in [3.8, 4) is 5.75 Å². The van der Waals surface area contributed by atoms with Crippen LogP contribution in [0.2, 0.25) is 0 Å². The van der Waals surface area contributed by atoms with Crippen molar-refractivity contribution in [1.29, 1.82) is 0 Å². The summed E-state index contributed by atoms with van der Waals surface area (Å²) in [6.45, 7) is 6.15. The molecule has 0 saturated heterocycles. The lowest BCUT2D eigenvalue weighted by molar-refractivity contribution is -0.145. The first-order chi connectivity index (χ1) is 12.5. The van der Waals surface area contributed by atoms with Crippen LogP contribution >= 0.6 is 0 Å². The quantitative estimate of drug-likeness (QED) is 0.524. The first-order valence-corrected chi connectivity index (χ1v) is 9.20. The van der Waals surface area contributed by atoms with Gasteiger partial charge in [0.25, 0.3) is 0 Å². The van der Waals surface area contributed by atoms with E-state index in [9.17, 15) is 9.90 Å². The van der Waals surface area contributed by atoms with Gasteiger partial charge < -0.3 is 14.6 Å². The number of ether oxygens (including phenoxy) is 2. The van der Waals surface area contributed by atoms with Crippen LogP contribution in [-0.4, -0.2) is 36.1 Å². The van der Waals surface area contributed by atoms with Gasteiger partial charge in [-0.05, 0) is 50.5 Å². The Hall–Kier alpha value is -2.11. The van der Waals surface area contributed by atoms with Crippen molar-refractivity contribution in [2.24, 2.45) is 5.92 Å². The lowest BCUT2D eigenvalue weighted by atomic mass is 9.88. The zero-order chi connectivity index (χ0) is 19.0. The number of esters is 1. The molecule has 1 aromatic carbocycles. The fourth-order valence-corrected chi connectivity index (χ4v) is 3.14. The fourth-order valence-electron chi connectivity index (χ4n) is 3.14. The summed E-state index contributed by atoms with van der Waals surface area (Å²) >= 11 is 0. The van der Waals surface area contributed by atoms with Crippen LogP contribution in [-0.2, 0) is 16.0 Å². The molecule has 0 fully saturated rings. The van der Waals surface area contributed by atoms with Crippen molar-refractivity contribution in [2.75, 3.05) is 13.2 Å². The predicted octanol–water partition coefficient (Wildman–Crippen LogP) is 2.99. The van der Waals surface area contributed by atoms with E-state index in [1.165, 1.54) is 0 Å². The average Bonchev–Trinajstić information content (AvgIpc) is 2.61. The van der Waals surface area contributed by atoms with Gasteiger partial charge in [-0.2, -0.15) is 0 Å². The summed E-state index contributed by atoms with van der Waals surface area (Å²) in [7, 11) is 0. The summed E-state index contributed by atoms with van der Waals surface area (Å²) in [4.78, 5) is 11.3. The highest BCUT2D eigenvalue weighted by Crippen LogP contribution is 2.26. The third kappa shape index (κ3) is 5.71. The number of rotatable bonds is 9. The van der Waals surface area contributed by atoms with E-state index in [1.54, 1.807) is 6.92 Å². The van der Waals surface area contributed by atoms with Gasteiger partial charge in [-0.1, -0.05) is 37.3 Å². The molecule has 1 unspecified atom stereocenters. The molecule has 0 aromatic heterocycles. The highest BCUT2D eigenvalue weighted by Gasteiger charge is 2.33. The van der Waals surface area contributed by atoms with Gasteiger partial charge in [0.1, 0.15) is 11.5 Å². The second kappa shape index (κ2) is 9.55. The average molecular weight is 359 g/mol. The smallest absolute Gasteiger partial charge is 0.344 e. The second-order valence-electron chi connectivity index (χ2n) is 6.57. The molecule has 2 N–H and O–H groups in total. The van der Waals surface area contributed by atoms with E-state index in [2.05, 4.69) is 19.2 Å².